The normalized spacial score (nSPS) is 16.5. The second kappa shape index (κ2) is 7.35. The minimum Gasteiger partial charge on any atom is -0.260 e. The molecule has 1 aliphatic carbocycles. The third kappa shape index (κ3) is 3.79. The summed E-state index contributed by atoms with van der Waals surface area (Å²) in [5.41, 5.74) is 0.377. The van der Waals surface area contributed by atoms with Crippen LogP contribution in [0.25, 0.3) is 5.82 Å². The molecule has 1 aromatic carbocycles. The number of thioether (sulfide) groups is 2. The van der Waals surface area contributed by atoms with Gasteiger partial charge < -0.3 is 0 Å². The molecule has 2 aliphatic rings. The van der Waals surface area contributed by atoms with E-state index in [2.05, 4.69) is 20.5 Å². The molecule has 7 nitrogen and oxygen atoms in total. The highest BCUT2D eigenvalue weighted by atomic mass is 32.2. The number of hydrogen-bond acceptors (Lipinski definition) is 8. The van der Waals surface area contributed by atoms with Gasteiger partial charge in [-0.05, 0) is 48.4 Å². The molecule has 0 saturated heterocycles. The second-order valence-electron chi connectivity index (χ2n) is 7.05. The van der Waals surface area contributed by atoms with Crippen LogP contribution in [0.5, 0.6) is 0 Å². The summed E-state index contributed by atoms with van der Waals surface area (Å²) in [6.45, 7) is 0. The van der Waals surface area contributed by atoms with E-state index in [9.17, 15) is 18.4 Å². The van der Waals surface area contributed by atoms with Crippen LogP contribution < -0.4 is 0 Å². The van der Waals surface area contributed by atoms with Crippen molar-refractivity contribution in [3.8, 4) is 11.9 Å². The molecular weight excluding hydrogens is 447 g/mol. The molecule has 0 bridgehead atoms. The zero-order valence-corrected chi connectivity index (χ0v) is 17.3. The van der Waals surface area contributed by atoms with Gasteiger partial charge in [0.1, 0.15) is 9.40 Å². The lowest BCUT2D eigenvalue weighted by atomic mass is 10.1. The summed E-state index contributed by atoms with van der Waals surface area (Å²) in [5.74, 6) is 0.904. The third-order valence-electron chi connectivity index (χ3n) is 5.03. The fourth-order valence-electron chi connectivity index (χ4n) is 3.25. The van der Waals surface area contributed by atoms with Crippen molar-refractivity contribution in [2.75, 3.05) is 0 Å². The summed E-state index contributed by atoms with van der Waals surface area (Å²) in [7, 11) is 0. The Morgan fingerprint density at radius 2 is 2.06 bits per heavy atom. The topological polar surface area (TPSA) is 92.6 Å². The van der Waals surface area contributed by atoms with Gasteiger partial charge in [-0.2, -0.15) is 18.4 Å². The van der Waals surface area contributed by atoms with E-state index in [-0.39, 0.29) is 11.1 Å². The Morgan fingerprint density at radius 3 is 2.74 bits per heavy atom. The monoisotopic (exact) mass is 459 g/mol. The maximum absolute atomic E-state index is 12.9. The van der Waals surface area contributed by atoms with Crippen LogP contribution in [0.1, 0.15) is 35.1 Å². The van der Waals surface area contributed by atoms with Crippen LogP contribution in [0, 0.1) is 11.3 Å². The number of nitrogens with zero attached hydrogens (tertiary/aromatic N) is 7. The van der Waals surface area contributed by atoms with Gasteiger partial charge in [-0.15, -0.1) is 15.3 Å². The number of hydrogen-bond donors (Lipinski definition) is 0. The first kappa shape index (κ1) is 20.0. The lowest BCUT2D eigenvalue weighted by molar-refractivity contribution is -0.137. The smallest absolute Gasteiger partial charge is 0.260 e. The summed E-state index contributed by atoms with van der Waals surface area (Å²) >= 11 is 2.76. The first-order valence-electron chi connectivity index (χ1n) is 9.14. The molecule has 2 aromatic heterocycles. The van der Waals surface area contributed by atoms with Gasteiger partial charge in [-0.3, -0.25) is 4.99 Å². The molecule has 0 radical (unpaired) electrons. The van der Waals surface area contributed by atoms with Gasteiger partial charge in [0.15, 0.2) is 5.82 Å². The maximum atomic E-state index is 12.9. The summed E-state index contributed by atoms with van der Waals surface area (Å²) in [6.07, 6.45) is 0.541. The van der Waals surface area contributed by atoms with E-state index in [4.69, 9.17) is 4.99 Å². The number of aromatic nitrogens is 5. The van der Waals surface area contributed by atoms with Crippen molar-refractivity contribution in [1.29, 1.82) is 5.26 Å². The van der Waals surface area contributed by atoms with Crippen molar-refractivity contribution in [3.63, 3.8) is 0 Å². The fourth-order valence-corrected chi connectivity index (χ4v) is 5.49. The van der Waals surface area contributed by atoms with E-state index in [1.165, 1.54) is 34.3 Å². The second-order valence-corrected chi connectivity index (χ2v) is 9.25. The summed E-state index contributed by atoms with van der Waals surface area (Å²) in [5, 5.41) is 26.3. The molecule has 3 aromatic rings. The molecule has 0 amide bonds. The molecule has 12 heteroatoms. The van der Waals surface area contributed by atoms with Gasteiger partial charge in [0.2, 0.25) is 0 Å². The van der Waals surface area contributed by atoms with Crippen LogP contribution in [0.15, 0.2) is 46.7 Å². The van der Waals surface area contributed by atoms with Crippen LogP contribution in [0.3, 0.4) is 0 Å². The summed E-state index contributed by atoms with van der Waals surface area (Å²) < 4.78 is 41.0. The number of benzene rings is 1. The largest absolute Gasteiger partial charge is 0.416 e. The van der Waals surface area contributed by atoms with E-state index in [0.717, 1.165) is 39.9 Å². The molecule has 1 spiro atoms. The van der Waals surface area contributed by atoms with E-state index in [1.54, 1.807) is 12.4 Å². The Balaban J connectivity index is 1.37. The van der Waals surface area contributed by atoms with Gasteiger partial charge in [0.05, 0.1) is 35.1 Å². The van der Waals surface area contributed by atoms with E-state index in [1.807, 2.05) is 12.1 Å². The van der Waals surface area contributed by atoms with Gasteiger partial charge in [0.25, 0.3) is 0 Å². The van der Waals surface area contributed by atoms with E-state index >= 15 is 0 Å². The fraction of sp³-hybridized carbons (Fsp3) is 0.263. The molecule has 1 fully saturated rings. The highest BCUT2D eigenvalue weighted by Crippen LogP contribution is 2.56. The highest BCUT2D eigenvalue weighted by molar-refractivity contribution is 8.38. The van der Waals surface area contributed by atoms with Crippen molar-refractivity contribution in [2.45, 2.75) is 35.3 Å². The number of nitriles is 1. The molecule has 1 aliphatic heterocycles. The Bertz CT molecular complexity index is 1230. The van der Waals surface area contributed by atoms with Crippen LogP contribution in [-0.4, -0.2) is 29.6 Å². The predicted octanol–water partition coefficient (Wildman–Crippen LogP) is 4.33. The zero-order chi connectivity index (χ0) is 21.6. The number of alkyl halides is 3. The van der Waals surface area contributed by atoms with E-state index < -0.39 is 11.7 Å². The Labute approximate surface area is 182 Å². The quantitative estimate of drug-likeness (QED) is 0.575. The summed E-state index contributed by atoms with van der Waals surface area (Å²) in [6, 6.07) is 7.03. The first-order valence-corrected chi connectivity index (χ1v) is 10.9. The number of halogens is 3. The predicted molar refractivity (Wildman–Crippen MR) is 109 cm³/mol. The number of fused-ring (bicyclic) bond motifs is 2. The third-order valence-corrected chi connectivity index (χ3v) is 7.19. The van der Waals surface area contributed by atoms with Crippen LogP contribution in [0.4, 0.5) is 13.2 Å². The van der Waals surface area contributed by atoms with Gasteiger partial charge in [-0.1, -0.05) is 23.0 Å². The van der Waals surface area contributed by atoms with Crippen LogP contribution >= 0.6 is 23.5 Å². The first-order chi connectivity index (χ1) is 14.9. The maximum Gasteiger partial charge on any atom is 0.416 e. The SMILES string of the molecule is N#Cc1cc(C(F)(F)F)ccc1CSC1=NC2(CC2)c2cc(-n3ccnn3)nnc2S1. The molecule has 0 atom stereocenters. The minimum absolute atomic E-state index is 0.0162. The van der Waals surface area contributed by atoms with Gasteiger partial charge in [-0.25, -0.2) is 4.68 Å². The average Bonchev–Trinajstić information content (AvgIpc) is 3.30. The Morgan fingerprint density at radius 1 is 1.23 bits per heavy atom. The standard InChI is InChI=1S/C19H12F3N7S2/c20-19(21,22)13-2-1-11(12(7-13)9-23)10-30-17-25-18(3-4-18)14-8-15(26-27-16(14)31-17)29-6-5-24-28-29/h1-2,5-8H,3-4,10H2. The molecule has 5 rings (SSSR count). The van der Waals surface area contributed by atoms with Crippen molar-refractivity contribution in [3.05, 3.63) is 58.9 Å². The molecule has 1 saturated carbocycles. The number of rotatable bonds is 3. The lowest BCUT2D eigenvalue weighted by Gasteiger charge is -2.22. The van der Waals surface area contributed by atoms with Crippen molar-refractivity contribution >= 4 is 27.9 Å². The number of aliphatic imine (C=N–C) groups is 1. The molecule has 0 N–H and O–H groups in total. The zero-order valence-electron chi connectivity index (χ0n) is 15.7. The van der Waals surface area contributed by atoms with Crippen molar-refractivity contribution < 1.29 is 13.2 Å². The molecule has 156 valence electrons. The van der Waals surface area contributed by atoms with Gasteiger partial charge >= 0.3 is 6.18 Å². The van der Waals surface area contributed by atoms with Gasteiger partial charge in [0, 0.05) is 11.3 Å². The van der Waals surface area contributed by atoms with E-state index in [0.29, 0.717) is 17.1 Å². The van der Waals surface area contributed by atoms with Crippen LogP contribution in [0.2, 0.25) is 0 Å². The Kier molecular flexibility index (Phi) is 4.75. The minimum atomic E-state index is -4.48. The van der Waals surface area contributed by atoms with Crippen molar-refractivity contribution in [2.24, 2.45) is 4.99 Å². The highest BCUT2D eigenvalue weighted by Gasteiger charge is 2.49. The lowest BCUT2D eigenvalue weighted by Crippen LogP contribution is -2.16. The van der Waals surface area contributed by atoms with Crippen LogP contribution in [-0.2, 0) is 17.5 Å². The summed E-state index contributed by atoms with van der Waals surface area (Å²) in [4.78, 5) is 4.88. The van der Waals surface area contributed by atoms with Crippen molar-refractivity contribution in [1.82, 2.24) is 25.2 Å². The average molecular weight is 459 g/mol. The molecular formula is C19H12F3N7S2. The molecule has 0 unspecified atom stereocenters. The molecule has 3 heterocycles. The Hall–Kier alpha value is -2.91. The molecule has 31 heavy (non-hydrogen) atoms.